The summed E-state index contributed by atoms with van der Waals surface area (Å²) in [6.07, 6.45) is 2.68. The third-order valence-electron chi connectivity index (χ3n) is 6.30. The van der Waals surface area contributed by atoms with Gasteiger partial charge in [0, 0.05) is 12.1 Å². The van der Waals surface area contributed by atoms with Gasteiger partial charge in [0.15, 0.2) is 0 Å². The molecule has 188 valence electrons. The van der Waals surface area contributed by atoms with Crippen molar-refractivity contribution in [2.24, 2.45) is 5.92 Å². The minimum Gasteiger partial charge on any atom is -0.453 e. The zero-order valence-corrected chi connectivity index (χ0v) is 21.2. The Morgan fingerprint density at radius 2 is 1.76 bits per heavy atom. The third kappa shape index (κ3) is 6.39. The minimum atomic E-state index is -0.667. The summed E-state index contributed by atoms with van der Waals surface area (Å²) in [5, 5.41) is 2.66. The number of hydrogen-bond donors (Lipinski definition) is 2. The van der Waals surface area contributed by atoms with Crippen molar-refractivity contribution in [3.05, 3.63) is 77.9 Å². The number of imidazole rings is 1. The lowest BCUT2D eigenvalue weighted by atomic mass is 10.0. The number of nitrogens with zero attached hydrogens (tertiary/aromatic N) is 2. The van der Waals surface area contributed by atoms with Crippen LogP contribution in [0.2, 0.25) is 0 Å². The van der Waals surface area contributed by atoms with Gasteiger partial charge in [-0.15, -0.1) is 0 Å². The lowest BCUT2D eigenvalue weighted by Gasteiger charge is -2.29. The second kappa shape index (κ2) is 12.0. The van der Waals surface area contributed by atoms with Crippen molar-refractivity contribution in [1.29, 1.82) is 0 Å². The molecule has 7 heteroatoms. The largest absolute Gasteiger partial charge is 0.453 e. The van der Waals surface area contributed by atoms with Crippen LogP contribution in [0.5, 0.6) is 0 Å². The number of alkyl carbamates (subject to hydrolysis) is 1. The van der Waals surface area contributed by atoms with E-state index >= 15 is 0 Å². The molecular weight excluding hydrogens is 464 g/mol. The van der Waals surface area contributed by atoms with E-state index in [9.17, 15) is 9.59 Å². The number of H-pyrrole nitrogens is 1. The number of nitrogens with one attached hydrogen (secondary N) is 2. The Morgan fingerprint density at radius 1 is 1.05 bits per heavy atom. The van der Waals surface area contributed by atoms with E-state index < -0.39 is 12.1 Å². The Bertz CT molecular complexity index is 1350. The van der Waals surface area contributed by atoms with Crippen molar-refractivity contribution in [3.8, 4) is 34.8 Å². The highest BCUT2D eigenvalue weighted by atomic mass is 16.5. The number of carbonyl (C=O) groups excluding carboxylic acids is 2. The van der Waals surface area contributed by atoms with Gasteiger partial charge in [-0.3, -0.25) is 4.79 Å². The fraction of sp³-hybridized carbons (Fsp3) is 0.300. The second-order valence-electron chi connectivity index (χ2n) is 9.17. The molecule has 2 heterocycles. The monoisotopic (exact) mass is 494 g/mol. The molecule has 37 heavy (non-hydrogen) atoms. The van der Waals surface area contributed by atoms with Crippen LogP contribution in [0.3, 0.4) is 0 Å². The summed E-state index contributed by atoms with van der Waals surface area (Å²) >= 11 is 0. The highest BCUT2D eigenvalue weighted by molar-refractivity contribution is 5.86. The van der Waals surface area contributed by atoms with E-state index in [1.54, 1.807) is 11.1 Å². The van der Waals surface area contributed by atoms with Crippen molar-refractivity contribution in [2.45, 2.75) is 38.8 Å². The summed E-state index contributed by atoms with van der Waals surface area (Å²) in [5.74, 6) is 12.3. The van der Waals surface area contributed by atoms with Crippen LogP contribution in [-0.4, -0.2) is 46.6 Å². The summed E-state index contributed by atoms with van der Waals surface area (Å²) in [4.78, 5) is 34.5. The molecule has 7 nitrogen and oxygen atoms in total. The molecule has 0 aliphatic carbocycles. The van der Waals surface area contributed by atoms with Gasteiger partial charge in [-0.05, 0) is 59.8 Å². The standard InChI is InChI=1S/C30H30N4O3/c1-21(2)27(33-30(36)37-3)29(35)34-19-9-14-26(34)28-31-20-25(32-28)13-8-7-10-22-15-17-24(18-16-22)23-11-5-4-6-12-23/h4-6,11-12,15-18,20-21,26-27H,9,14,19H2,1-3H3,(H,31,32)(H,33,36)/t26-,27-/m0/s1. The molecule has 2 aromatic carbocycles. The summed E-state index contributed by atoms with van der Waals surface area (Å²) in [7, 11) is 1.28. The zero-order valence-electron chi connectivity index (χ0n) is 21.2. The van der Waals surface area contributed by atoms with Gasteiger partial charge in [0.25, 0.3) is 0 Å². The van der Waals surface area contributed by atoms with E-state index in [-0.39, 0.29) is 17.9 Å². The minimum absolute atomic E-state index is 0.0843. The maximum absolute atomic E-state index is 13.2. The number of hydrogen-bond acceptors (Lipinski definition) is 4. The molecule has 2 N–H and O–H groups in total. The number of rotatable bonds is 5. The van der Waals surface area contributed by atoms with E-state index in [4.69, 9.17) is 4.74 Å². The maximum atomic E-state index is 13.2. The van der Waals surface area contributed by atoms with E-state index in [1.165, 1.54) is 12.7 Å². The Kier molecular flexibility index (Phi) is 8.28. The molecule has 1 fully saturated rings. The molecule has 2 atom stereocenters. The first-order chi connectivity index (χ1) is 18.0. The Hall–Kier alpha value is -4.49. The molecule has 0 bridgehead atoms. The van der Waals surface area contributed by atoms with Crippen molar-refractivity contribution >= 4 is 12.0 Å². The van der Waals surface area contributed by atoms with Crippen molar-refractivity contribution < 1.29 is 14.3 Å². The van der Waals surface area contributed by atoms with Gasteiger partial charge in [-0.2, -0.15) is 0 Å². The van der Waals surface area contributed by atoms with Gasteiger partial charge >= 0.3 is 6.09 Å². The first kappa shape index (κ1) is 25.6. The van der Waals surface area contributed by atoms with E-state index in [2.05, 4.69) is 51.1 Å². The molecule has 1 aliphatic rings. The number of benzene rings is 2. The topological polar surface area (TPSA) is 87.3 Å². The number of methoxy groups -OCH3 is 1. The number of aromatic nitrogens is 2. The van der Waals surface area contributed by atoms with Crippen LogP contribution in [0.1, 0.15) is 49.8 Å². The Balaban J connectivity index is 1.41. The third-order valence-corrected chi connectivity index (χ3v) is 6.30. The zero-order chi connectivity index (χ0) is 26.2. The molecule has 1 aliphatic heterocycles. The molecule has 0 unspecified atom stereocenters. The number of likely N-dealkylation sites (tertiary alicyclic amines) is 1. The molecule has 0 spiro atoms. The van der Waals surface area contributed by atoms with E-state index in [0.29, 0.717) is 18.1 Å². The summed E-state index contributed by atoms with van der Waals surface area (Å²) in [6, 6.07) is 17.4. The van der Waals surface area contributed by atoms with Crippen LogP contribution < -0.4 is 5.32 Å². The van der Waals surface area contributed by atoms with Gasteiger partial charge < -0.3 is 19.9 Å². The second-order valence-corrected chi connectivity index (χ2v) is 9.17. The smallest absolute Gasteiger partial charge is 0.407 e. The number of aromatic amines is 1. The van der Waals surface area contributed by atoms with Gasteiger partial charge in [0.1, 0.15) is 17.6 Å². The molecule has 0 saturated carbocycles. The molecular formula is C30H30N4O3. The van der Waals surface area contributed by atoms with Crippen LogP contribution in [-0.2, 0) is 9.53 Å². The number of ether oxygens (including phenoxy) is 1. The van der Waals surface area contributed by atoms with Crippen LogP contribution in [0.15, 0.2) is 60.8 Å². The maximum Gasteiger partial charge on any atom is 0.407 e. The van der Waals surface area contributed by atoms with Crippen LogP contribution >= 0.6 is 0 Å². The quantitative estimate of drug-likeness (QED) is 0.511. The first-order valence-corrected chi connectivity index (χ1v) is 12.3. The number of carbonyl (C=O) groups is 2. The Labute approximate surface area is 217 Å². The van der Waals surface area contributed by atoms with Crippen molar-refractivity contribution in [1.82, 2.24) is 20.2 Å². The molecule has 3 aromatic rings. The SMILES string of the molecule is COC(=O)N[C@H](C(=O)N1CCC[C@H]1c1ncc(C#CC#Cc2ccc(-c3ccccc3)cc2)[nH]1)C(C)C. The first-order valence-electron chi connectivity index (χ1n) is 12.3. The average Bonchev–Trinajstić information content (AvgIpc) is 3.60. The molecule has 4 rings (SSSR count). The summed E-state index contributed by atoms with van der Waals surface area (Å²) in [5.41, 5.74) is 3.83. The Morgan fingerprint density at radius 3 is 2.46 bits per heavy atom. The normalized spacial score (nSPS) is 15.2. The van der Waals surface area contributed by atoms with Gasteiger partial charge in [-0.25, -0.2) is 9.78 Å². The van der Waals surface area contributed by atoms with E-state index in [0.717, 1.165) is 24.0 Å². The van der Waals surface area contributed by atoms with Crippen LogP contribution in [0.4, 0.5) is 4.79 Å². The molecule has 2 amide bonds. The van der Waals surface area contributed by atoms with Gasteiger partial charge in [-0.1, -0.05) is 62.2 Å². The molecule has 1 aromatic heterocycles. The van der Waals surface area contributed by atoms with Gasteiger partial charge in [0.2, 0.25) is 5.91 Å². The molecule has 0 radical (unpaired) electrons. The fourth-order valence-corrected chi connectivity index (χ4v) is 4.34. The number of amides is 2. The summed E-state index contributed by atoms with van der Waals surface area (Å²) in [6.45, 7) is 4.39. The predicted octanol–water partition coefficient (Wildman–Crippen LogP) is 4.52. The average molecular weight is 495 g/mol. The molecule has 1 saturated heterocycles. The van der Waals surface area contributed by atoms with Crippen molar-refractivity contribution in [2.75, 3.05) is 13.7 Å². The predicted molar refractivity (Wildman–Crippen MR) is 142 cm³/mol. The lowest BCUT2D eigenvalue weighted by Crippen LogP contribution is -2.51. The summed E-state index contributed by atoms with van der Waals surface area (Å²) < 4.78 is 4.69. The van der Waals surface area contributed by atoms with Crippen LogP contribution in [0.25, 0.3) is 11.1 Å². The highest BCUT2D eigenvalue weighted by Crippen LogP contribution is 2.31. The van der Waals surface area contributed by atoms with Gasteiger partial charge in [0.05, 0.1) is 19.3 Å². The highest BCUT2D eigenvalue weighted by Gasteiger charge is 2.37. The fourth-order valence-electron chi connectivity index (χ4n) is 4.34. The van der Waals surface area contributed by atoms with E-state index in [1.807, 2.05) is 56.3 Å². The van der Waals surface area contributed by atoms with Crippen LogP contribution in [0, 0.1) is 29.6 Å². The lowest BCUT2D eigenvalue weighted by molar-refractivity contribution is -0.135. The van der Waals surface area contributed by atoms with Crippen molar-refractivity contribution in [3.63, 3.8) is 0 Å².